The minimum absolute atomic E-state index is 0.0365. The van der Waals surface area contributed by atoms with Gasteiger partial charge in [0.25, 0.3) is 0 Å². The van der Waals surface area contributed by atoms with Gasteiger partial charge in [-0.25, -0.2) is 14.6 Å². The molecule has 0 spiro atoms. The van der Waals surface area contributed by atoms with Crippen molar-refractivity contribution in [1.29, 1.82) is 0 Å². The lowest BCUT2D eigenvalue weighted by molar-refractivity contribution is -0.0171. The Labute approximate surface area is 183 Å². The number of nitrogens with one attached hydrogen (secondary N) is 1. The Morgan fingerprint density at radius 3 is 2.81 bits per heavy atom. The van der Waals surface area contributed by atoms with Crippen molar-refractivity contribution in [3.8, 4) is 0 Å². The highest BCUT2D eigenvalue weighted by Gasteiger charge is 2.24. The second kappa shape index (κ2) is 10.3. The molecule has 0 radical (unpaired) electrons. The molecule has 11 nitrogen and oxygen atoms in total. The van der Waals surface area contributed by atoms with Crippen LogP contribution >= 0.6 is 19.3 Å². The molecule has 2 aromatic heterocycles. The van der Waals surface area contributed by atoms with E-state index in [-0.39, 0.29) is 24.3 Å². The van der Waals surface area contributed by atoms with Crippen molar-refractivity contribution in [2.24, 2.45) is 0 Å². The average Bonchev–Trinajstić information content (AvgIpc) is 3.15. The number of anilines is 1. The number of fused-ring (bicyclic) bond motifs is 1. The molecule has 0 bridgehead atoms. The summed E-state index contributed by atoms with van der Waals surface area (Å²) in [5.41, 5.74) is 7.30. The van der Waals surface area contributed by atoms with E-state index in [4.69, 9.17) is 26.6 Å². The highest BCUT2D eigenvalue weighted by molar-refractivity contribution is 7.50. The molecule has 5 N–H and O–H groups in total. The number of nitrogens with two attached hydrogens (primary N) is 1. The number of nitrogens with zero attached hydrogens (tertiary/aromatic N) is 4. The van der Waals surface area contributed by atoms with Crippen molar-refractivity contribution in [3.63, 3.8) is 0 Å². The third kappa shape index (κ3) is 6.31. The largest absolute Gasteiger partial charge is 0.403 e. The molecule has 0 aliphatic heterocycles. The van der Waals surface area contributed by atoms with Crippen molar-refractivity contribution in [3.05, 3.63) is 53.6 Å². The Morgan fingerprint density at radius 1 is 1.35 bits per heavy atom. The molecule has 13 heteroatoms. The molecule has 0 saturated carbocycles. The minimum Gasteiger partial charge on any atom is -0.386 e. The zero-order valence-corrected chi connectivity index (χ0v) is 18.1. The number of nitrogen functional groups attached to an aromatic ring is 1. The fourth-order valence-corrected chi connectivity index (χ4v) is 3.63. The Morgan fingerprint density at radius 2 is 2.10 bits per heavy atom. The number of aliphatic hydroxyl groups excluding tert-OH is 1. The zero-order chi connectivity index (χ0) is 22.4. The summed E-state index contributed by atoms with van der Waals surface area (Å²) in [5, 5.41) is 12.8. The number of methoxy groups -OCH3 is 1. The first-order valence-corrected chi connectivity index (χ1v) is 11.1. The number of rotatable bonds is 10. The lowest BCUT2D eigenvalue weighted by Gasteiger charge is -2.21. The van der Waals surface area contributed by atoms with Crippen LogP contribution in [0.15, 0.2) is 42.7 Å². The summed E-state index contributed by atoms with van der Waals surface area (Å²) in [6, 6.07) is 9.11. The molecule has 2 heterocycles. The molecule has 0 aliphatic carbocycles. The van der Waals surface area contributed by atoms with E-state index < -0.39 is 20.0 Å². The molecule has 3 atom stereocenters. The van der Waals surface area contributed by atoms with Crippen LogP contribution in [0.2, 0.25) is 5.28 Å². The molecular formula is C18H22ClN6O5P. The number of hydrogen-bond acceptors (Lipinski definition) is 8. The van der Waals surface area contributed by atoms with Gasteiger partial charge in [0.15, 0.2) is 17.0 Å². The molecule has 2 unspecified atom stereocenters. The van der Waals surface area contributed by atoms with Gasteiger partial charge >= 0.3 is 7.75 Å². The van der Waals surface area contributed by atoms with Crippen LogP contribution in [0, 0.1) is 0 Å². The standard InChI is InChI=1S/C18H22ClN6O5P/c1-29-14(10-30-31(27,28)22-9-12-5-3-2-4-6-12)13(26)7-8-25-11-21-15-16(20)23-18(19)24-17(15)25/h2-8,11,13-14,26H,9-10H2,1H3,(H2,20,23,24)(H2,22,27,28)/b8-7+/t13-,14?/m1/s1. The van der Waals surface area contributed by atoms with Gasteiger partial charge < -0.3 is 20.5 Å². The molecule has 1 aromatic carbocycles. The molecule has 0 amide bonds. The lowest BCUT2D eigenvalue weighted by atomic mass is 10.2. The van der Waals surface area contributed by atoms with E-state index in [1.54, 1.807) is 0 Å². The summed E-state index contributed by atoms with van der Waals surface area (Å²) in [4.78, 5) is 22.0. The second-order valence-electron chi connectivity index (χ2n) is 6.44. The molecule has 3 aromatic rings. The quantitative estimate of drug-likeness (QED) is 0.255. The molecule has 3 rings (SSSR count). The van der Waals surface area contributed by atoms with E-state index in [0.717, 1.165) is 5.56 Å². The van der Waals surface area contributed by atoms with Crippen LogP contribution in [0.1, 0.15) is 5.56 Å². The number of hydrogen-bond donors (Lipinski definition) is 4. The topological polar surface area (TPSA) is 158 Å². The summed E-state index contributed by atoms with van der Waals surface area (Å²) in [7, 11) is -2.75. The number of halogens is 1. The smallest absolute Gasteiger partial charge is 0.386 e. The van der Waals surface area contributed by atoms with Crippen molar-refractivity contribution in [1.82, 2.24) is 24.6 Å². The number of ether oxygens (including phenoxy) is 1. The zero-order valence-electron chi connectivity index (χ0n) is 16.5. The average molecular weight is 469 g/mol. The van der Waals surface area contributed by atoms with Gasteiger partial charge in [0.05, 0.1) is 6.61 Å². The van der Waals surface area contributed by atoms with Gasteiger partial charge in [-0.3, -0.25) is 9.09 Å². The highest BCUT2D eigenvalue weighted by atomic mass is 35.5. The van der Waals surface area contributed by atoms with Crippen molar-refractivity contribution < 1.29 is 23.8 Å². The maximum absolute atomic E-state index is 12.2. The van der Waals surface area contributed by atoms with Gasteiger partial charge in [-0.05, 0) is 23.2 Å². The number of aliphatic hydroxyl groups is 1. The van der Waals surface area contributed by atoms with E-state index in [0.29, 0.717) is 11.2 Å². The van der Waals surface area contributed by atoms with E-state index in [9.17, 15) is 14.6 Å². The number of benzene rings is 1. The van der Waals surface area contributed by atoms with Crippen LogP contribution < -0.4 is 10.8 Å². The van der Waals surface area contributed by atoms with Crippen LogP contribution in [-0.2, 0) is 20.4 Å². The molecule has 0 fully saturated rings. The van der Waals surface area contributed by atoms with E-state index >= 15 is 0 Å². The van der Waals surface area contributed by atoms with Crippen molar-refractivity contribution in [2.75, 3.05) is 19.5 Å². The van der Waals surface area contributed by atoms with E-state index in [1.807, 2.05) is 30.3 Å². The first-order valence-electron chi connectivity index (χ1n) is 9.10. The molecule has 0 aliphatic rings. The molecule has 31 heavy (non-hydrogen) atoms. The van der Waals surface area contributed by atoms with Crippen molar-refractivity contribution >= 4 is 42.5 Å². The fourth-order valence-electron chi connectivity index (χ4n) is 2.64. The van der Waals surface area contributed by atoms with Gasteiger partial charge in [-0.1, -0.05) is 30.3 Å². The summed E-state index contributed by atoms with van der Waals surface area (Å²) in [5.74, 6) is 0.132. The van der Waals surface area contributed by atoms with Gasteiger partial charge in [0.1, 0.15) is 18.5 Å². The van der Waals surface area contributed by atoms with Gasteiger partial charge in [-0.2, -0.15) is 9.97 Å². The number of imidazole rings is 1. The van der Waals surface area contributed by atoms with E-state index in [2.05, 4.69) is 20.0 Å². The van der Waals surface area contributed by atoms with Gasteiger partial charge in [0.2, 0.25) is 5.28 Å². The normalized spacial score (nSPS) is 15.9. The number of aromatic nitrogens is 4. The first kappa shape index (κ1) is 23.3. The van der Waals surface area contributed by atoms with Crippen LogP contribution in [0.3, 0.4) is 0 Å². The summed E-state index contributed by atoms with van der Waals surface area (Å²) in [6.45, 7) is -0.181. The molecule has 166 valence electrons. The summed E-state index contributed by atoms with van der Waals surface area (Å²) < 4.78 is 24.0. The summed E-state index contributed by atoms with van der Waals surface area (Å²) >= 11 is 5.83. The van der Waals surface area contributed by atoms with E-state index in [1.165, 1.54) is 30.3 Å². The van der Waals surface area contributed by atoms with Gasteiger partial charge in [0, 0.05) is 19.9 Å². The Balaban J connectivity index is 1.60. The highest BCUT2D eigenvalue weighted by Crippen LogP contribution is 2.37. The van der Waals surface area contributed by atoms with Crippen LogP contribution in [0.25, 0.3) is 17.4 Å². The predicted octanol–water partition coefficient (Wildman–Crippen LogP) is 1.82. The maximum Gasteiger partial charge on any atom is 0.403 e. The third-order valence-corrected chi connectivity index (χ3v) is 5.51. The second-order valence-corrected chi connectivity index (χ2v) is 8.40. The van der Waals surface area contributed by atoms with Gasteiger partial charge in [-0.15, -0.1) is 0 Å². The maximum atomic E-state index is 12.2. The van der Waals surface area contributed by atoms with Crippen LogP contribution in [-0.4, -0.2) is 55.4 Å². The minimum atomic E-state index is -4.10. The van der Waals surface area contributed by atoms with Crippen LogP contribution in [0.5, 0.6) is 0 Å². The van der Waals surface area contributed by atoms with Crippen molar-refractivity contribution in [2.45, 2.75) is 18.8 Å². The lowest BCUT2D eigenvalue weighted by Crippen LogP contribution is -2.31. The Kier molecular flexibility index (Phi) is 7.74. The molecule has 0 saturated heterocycles. The predicted molar refractivity (Wildman–Crippen MR) is 116 cm³/mol. The van der Waals surface area contributed by atoms with Crippen LogP contribution in [0.4, 0.5) is 5.82 Å². The third-order valence-electron chi connectivity index (χ3n) is 4.29. The fraction of sp³-hybridized carbons (Fsp3) is 0.278. The Bertz CT molecular complexity index is 1100. The molecular weight excluding hydrogens is 447 g/mol. The summed E-state index contributed by atoms with van der Waals surface area (Å²) in [6.07, 6.45) is 2.24. The first-order chi connectivity index (χ1) is 14.8. The SMILES string of the molecule is COC(COP(=O)(O)NCc1ccccc1)[C@H](O)/C=C/n1cnc2c(N)nc(Cl)nc21. The Hall–Kier alpha value is -2.37. The monoisotopic (exact) mass is 468 g/mol.